The van der Waals surface area contributed by atoms with Crippen molar-refractivity contribution in [3.63, 3.8) is 0 Å². The summed E-state index contributed by atoms with van der Waals surface area (Å²) in [7, 11) is 1.73. The van der Waals surface area contributed by atoms with E-state index < -0.39 is 0 Å². The average Bonchev–Trinajstić information content (AvgIpc) is 2.47. The number of nitrogens with one attached hydrogen (secondary N) is 1. The Bertz CT molecular complexity index is 394. The molecule has 1 saturated heterocycles. The molecule has 0 aromatic heterocycles. The molecule has 0 radical (unpaired) electrons. The molecule has 106 valence electrons. The van der Waals surface area contributed by atoms with Crippen LogP contribution in [0.1, 0.15) is 44.7 Å². The Morgan fingerprint density at radius 1 is 1.42 bits per heavy atom. The van der Waals surface area contributed by atoms with Gasteiger partial charge in [-0.25, -0.2) is 0 Å². The van der Waals surface area contributed by atoms with Gasteiger partial charge in [-0.3, -0.25) is 0 Å². The molecule has 0 spiro atoms. The second kappa shape index (κ2) is 6.92. The molecule has 0 amide bonds. The second-order valence-electron chi connectivity index (χ2n) is 5.25. The third kappa shape index (κ3) is 3.71. The van der Waals surface area contributed by atoms with Crippen LogP contribution in [0.5, 0.6) is 5.75 Å². The lowest BCUT2D eigenvalue weighted by Gasteiger charge is -2.32. The minimum atomic E-state index is 0.303. The lowest BCUT2D eigenvalue weighted by atomic mass is 9.99. The fourth-order valence-corrected chi connectivity index (χ4v) is 2.78. The summed E-state index contributed by atoms with van der Waals surface area (Å²) in [6.45, 7) is 5.26. The van der Waals surface area contributed by atoms with Crippen molar-refractivity contribution in [3.05, 3.63) is 29.8 Å². The molecule has 0 bridgehead atoms. The molecule has 1 aliphatic heterocycles. The standard InChI is InChI=1S/C16H25NO2/c1-4-14-11-13(9-10-19-14)17-12(2)15-7-5-6-8-16(15)18-3/h5-8,12-14,17H,4,9-11H2,1-3H3. The maximum absolute atomic E-state index is 5.72. The number of ether oxygens (including phenoxy) is 2. The molecular weight excluding hydrogens is 238 g/mol. The van der Waals surface area contributed by atoms with Crippen LogP contribution in [0.25, 0.3) is 0 Å². The number of benzene rings is 1. The van der Waals surface area contributed by atoms with Gasteiger partial charge in [-0.1, -0.05) is 25.1 Å². The van der Waals surface area contributed by atoms with Crippen LogP contribution in [-0.4, -0.2) is 25.9 Å². The topological polar surface area (TPSA) is 30.5 Å². The summed E-state index contributed by atoms with van der Waals surface area (Å²) >= 11 is 0. The monoisotopic (exact) mass is 263 g/mol. The Morgan fingerprint density at radius 3 is 2.95 bits per heavy atom. The predicted octanol–water partition coefficient (Wildman–Crippen LogP) is 3.30. The maximum atomic E-state index is 5.72. The molecule has 3 nitrogen and oxygen atoms in total. The molecule has 1 aliphatic rings. The van der Waals surface area contributed by atoms with Gasteiger partial charge in [0.15, 0.2) is 0 Å². The van der Waals surface area contributed by atoms with E-state index in [9.17, 15) is 0 Å². The Balaban J connectivity index is 1.98. The fourth-order valence-electron chi connectivity index (χ4n) is 2.78. The summed E-state index contributed by atoms with van der Waals surface area (Å²) in [6.07, 6.45) is 3.71. The summed E-state index contributed by atoms with van der Waals surface area (Å²) in [5.74, 6) is 0.960. The lowest BCUT2D eigenvalue weighted by Crippen LogP contribution is -2.40. The van der Waals surface area contributed by atoms with Crippen LogP contribution in [0.2, 0.25) is 0 Å². The summed E-state index contributed by atoms with van der Waals surface area (Å²) < 4.78 is 11.2. The molecule has 1 heterocycles. The van der Waals surface area contributed by atoms with E-state index in [1.54, 1.807) is 7.11 Å². The van der Waals surface area contributed by atoms with Crippen LogP contribution < -0.4 is 10.1 Å². The minimum Gasteiger partial charge on any atom is -0.496 e. The first-order chi connectivity index (χ1) is 9.24. The largest absolute Gasteiger partial charge is 0.496 e. The highest BCUT2D eigenvalue weighted by Gasteiger charge is 2.23. The zero-order valence-corrected chi connectivity index (χ0v) is 12.2. The van der Waals surface area contributed by atoms with Gasteiger partial charge in [0.1, 0.15) is 5.75 Å². The summed E-state index contributed by atoms with van der Waals surface area (Å²) in [4.78, 5) is 0. The minimum absolute atomic E-state index is 0.303. The van der Waals surface area contributed by atoms with Crippen molar-refractivity contribution >= 4 is 0 Å². The van der Waals surface area contributed by atoms with Gasteiger partial charge in [0.05, 0.1) is 13.2 Å². The van der Waals surface area contributed by atoms with E-state index in [1.165, 1.54) is 5.56 Å². The van der Waals surface area contributed by atoms with E-state index in [1.807, 2.05) is 12.1 Å². The predicted molar refractivity (Wildman–Crippen MR) is 77.6 cm³/mol. The molecule has 0 saturated carbocycles. The van der Waals surface area contributed by atoms with Crippen molar-refractivity contribution in [1.82, 2.24) is 5.32 Å². The van der Waals surface area contributed by atoms with Gasteiger partial charge >= 0.3 is 0 Å². The van der Waals surface area contributed by atoms with Crippen molar-refractivity contribution in [3.8, 4) is 5.75 Å². The molecule has 2 rings (SSSR count). The molecule has 1 N–H and O–H groups in total. The van der Waals surface area contributed by atoms with E-state index in [2.05, 4.69) is 31.3 Å². The van der Waals surface area contributed by atoms with Crippen LogP contribution in [0.15, 0.2) is 24.3 Å². The molecule has 3 unspecified atom stereocenters. The van der Waals surface area contributed by atoms with Gasteiger partial charge in [-0.15, -0.1) is 0 Å². The van der Waals surface area contributed by atoms with Gasteiger partial charge in [-0.2, -0.15) is 0 Å². The van der Waals surface area contributed by atoms with Crippen molar-refractivity contribution in [1.29, 1.82) is 0 Å². The first-order valence-corrected chi connectivity index (χ1v) is 7.25. The SMILES string of the molecule is CCC1CC(NC(C)c2ccccc2OC)CCO1. The lowest BCUT2D eigenvalue weighted by molar-refractivity contribution is -0.00168. The van der Waals surface area contributed by atoms with Crippen LogP contribution in [-0.2, 0) is 4.74 Å². The molecule has 1 aromatic carbocycles. The second-order valence-corrected chi connectivity index (χ2v) is 5.25. The highest BCUT2D eigenvalue weighted by Crippen LogP contribution is 2.26. The zero-order chi connectivity index (χ0) is 13.7. The normalized spacial score (nSPS) is 25.0. The van der Waals surface area contributed by atoms with E-state index in [0.29, 0.717) is 18.2 Å². The molecule has 3 atom stereocenters. The Hall–Kier alpha value is -1.06. The number of para-hydroxylation sites is 1. The summed E-state index contributed by atoms with van der Waals surface area (Å²) in [6, 6.07) is 9.07. The van der Waals surface area contributed by atoms with E-state index in [0.717, 1.165) is 31.6 Å². The van der Waals surface area contributed by atoms with Crippen LogP contribution in [0, 0.1) is 0 Å². The van der Waals surface area contributed by atoms with Crippen LogP contribution in [0.4, 0.5) is 0 Å². The molecule has 3 heteroatoms. The number of hydrogen-bond acceptors (Lipinski definition) is 3. The van der Waals surface area contributed by atoms with Gasteiger partial charge in [-0.05, 0) is 32.3 Å². The first kappa shape index (κ1) is 14.4. The van der Waals surface area contributed by atoms with Crippen LogP contribution in [0.3, 0.4) is 0 Å². The molecule has 1 fully saturated rings. The molecule has 19 heavy (non-hydrogen) atoms. The third-order valence-corrected chi connectivity index (χ3v) is 3.91. The van der Waals surface area contributed by atoms with Crippen molar-refractivity contribution in [2.45, 2.75) is 51.3 Å². The Morgan fingerprint density at radius 2 is 2.21 bits per heavy atom. The maximum Gasteiger partial charge on any atom is 0.123 e. The van der Waals surface area contributed by atoms with Gasteiger partial charge in [0.2, 0.25) is 0 Å². The molecular formula is C16H25NO2. The van der Waals surface area contributed by atoms with Crippen molar-refractivity contribution in [2.24, 2.45) is 0 Å². The zero-order valence-electron chi connectivity index (χ0n) is 12.2. The Kier molecular flexibility index (Phi) is 5.23. The van der Waals surface area contributed by atoms with E-state index in [-0.39, 0.29) is 0 Å². The average molecular weight is 263 g/mol. The fraction of sp³-hybridized carbons (Fsp3) is 0.625. The van der Waals surface area contributed by atoms with Crippen LogP contribution >= 0.6 is 0 Å². The third-order valence-electron chi connectivity index (χ3n) is 3.91. The van der Waals surface area contributed by atoms with Gasteiger partial charge < -0.3 is 14.8 Å². The Labute approximate surface area is 116 Å². The van der Waals surface area contributed by atoms with Gasteiger partial charge in [0.25, 0.3) is 0 Å². The first-order valence-electron chi connectivity index (χ1n) is 7.25. The van der Waals surface area contributed by atoms with Crippen molar-refractivity contribution < 1.29 is 9.47 Å². The number of methoxy groups -OCH3 is 1. The number of rotatable bonds is 5. The highest BCUT2D eigenvalue weighted by atomic mass is 16.5. The molecule has 1 aromatic rings. The smallest absolute Gasteiger partial charge is 0.123 e. The number of hydrogen-bond donors (Lipinski definition) is 1. The van der Waals surface area contributed by atoms with E-state index >= 15 is 0 Å². The molecule has 0 aliphatic carbocycles. The summed E-state index contributed by atoms with van der Waals surface area (Å²) in [5, 5.41) is 3.71. The van der Waals surface area contributed by atoms with Crippen molar-refractivity contribution in [2.75, 3.05) is 13.7 Å². The van der Waals surface area contributed by atoms with E-state index in [4.69, 9.17) is 9.47 Å². The quantitative estimate of drug-likeness (QED) is 0.884. The van der Waals surface area contributed by atoms with Gasteiger partial charge in [0, 0.05) is 24.3 Å². The summed E-state index contributed by atoms with van der Waals surface area (Å²) in [5.41, 5.74) is 1.23. The highest BCUT2D eigenvalue weighted by molar-refractivity contribution is 5.35.